The molecule has 0 aliphatic carbocycles. The number of aliphatic carboxylic acids is 1. The summed E-state index contributed by atoms with van der Waals surface area (Å²) in [4.78, 5) is 23.7. The fraction of sp³-hybridized carbons (Fsp3) is 0.158. The van der Waals surface area contributed by atoms with Crippen molar-refractivity contribution in [2.75, 3.05) is 18.2 Å². The molecule has 2 N–H and O–H groups in total. The maximum atomic E-state index is 12.8. The number of para-hydroxylation sites is 1. The third-order valence-corrected chi connectivity index (χ3v) is 4.79. The van der Waals surface area contributed by atoms with Gasteiger partial charge in [-0.05, 0) is 36.4 Å². The number of rotatable bonds is 6. The molecular weight excluding hydrogens is 354 g/mol. The SMILES string of the molecule is COc1ccc(N/C=C2\C(=O)c3ccccc3O[C@@H]2SCC(=O)O)cc1. The van der Waals surface area contributed by atoms with Crippen molar-refractivity contribution in [2.45, 2.75) is 5.44 Å². The van der Waals surface area contributed by atoms with Crippen LogP contribution in [0.25, 0.3) is 0 Å². The molecule has 0 saturated heterocycles. The van der Waals surface area contributed by atoms with Gasteiger partial charge < -0.3 is 19.9 Å². The van der Waals surface area contributed by atoms with Gasteiger partial charge in [-0.1, -0.05) is 12.1 Å². The average molecular weight is 371 g/mol. The third-order valence-electron chi connectivity index (χ3n) is 3.72. The van der Waals surface area contributed by atoms with Gasteiger partial charge >= 0.3 is 5.97 Å². The number of methoxy groups -OCH3 is 1. The first-order valence-electron chi connectivity index (χ1n) is 7.83. The van der Waals surface area contributed by atoms with Gasteiger partial charge in [0, 0.05) is 11.9 Å². The molecular formula is C19H17NO5S. The van der Waals surface area contributed by atoms with Crippen LogP contribution in [0.5, 0.6) is 11.5 Å². The zero-order valence-electron chi connectivity index (χ0n) is 14.0. The predicted octanol–water partition coefficient (Wildman–Crippen LogP) is 3.41. The Kier molecular flexibility index (Phi) is 5.48. The Morgan fingerprint density at radius 2 is 2.00 bits per heavy atom. The molecule has 0 bridgehead atoms. The fourth-order valence-electron chi connectivity index (χ4n) is 2.45. The van der Waals surface area contributed by atoms with Crippen LogP contribution in [0.3, 0.4) is 0 Å². The van der Waals surface area contributed by atoms with Crippen LogP contribution in [0.1, 0.15) is 10.4 Å². The van der Waals surface area contributed by atoms with Crippen LogP contribution in [-0.4, -0.2) is 35.2 Å². The van der Waals surface area contributed by atoms with Gasteiger partial charge in [0.25, 0.3) is 0 Å². The summed E-state index contributed by atoms with van der Waals surface area (Å²) in [6, 6.07) is 14.2. The van der Waals surface area contributed by atoms with Crippen molar-refractivity contribution in [1.82, 2.24) is 0 Å². The summed E-state index contributed by atoms with van der Waals surface area (Å²) in [6.45, 7) is 0. The third kappa shape index (κ3) is 4.00. The number of hydrogen-bond acceptors (Lipinski definition) is 6. The first-order valence-corrected chi connectivity index (χ1v) is 8.88. The smallest absolute Gasteiger partial charge is 0.313 e. The number of benzene rings is 2. The molecule has 6 nitrogen and oxygen atoms in total. The Hall–Kier alpha value is -2.93. The summed E-state index contributed by atoms with van der Waals surface area (Å²) in [7, 11) is 1.59. The number of ketones is 1. The molecule has 3 rings (SSSR count). The Balaban J connectivity index is 1.86. The normalized spacial score (nSPS) is 17.3. The lowest BCUT2D eigenvalue weighted by molar-refractivity contribution is -0.133. The van der Waals surface area contributed by atoms with Gasteiger partial charge in [0.05, 0.1) is 24.0 Å². The highest BCUT2D eigenvalue weighted by atomic mass is 32.2. The Morgan fingerprint density at radius 3 is 2.69 bits per heavy atom. The minimum absolute atomic E-state index is 0.167. The van der Waals surface area contributed by atoms with Crippen LogP contribution >= 0.6 is 11.8 Å². The average Bonchev–Trinajstić information content (AvgIpc) is 2.66. The first kappa shape index (κ1) is 17.9. The number of anilines is 1. The summed E-state index contributed by atoms with van der Waals surface area (Å²) in [5, 5.41) is 12.0. The van der Waals surface area contributed by atoms with Crippen LogP contribution in [0.4, 0.5) is 5.69 Å². The Morgan fingerprint density at radius 1 is 1.27 bits per heavy atom. The highest BCUT2D eigenvalue weighted by Gasteiger charge is 2.32. The van der Waals surface area contributed by atoms with Gasteiger partial charge in [-0.2, -0.15) is 0 Å². The summed E-state index contributed by atoms with van der Waals surface area (Å²) in [5.74, 6) is -0.130. The molecule has 134 valence electrons. The van der Waals surface area contributed by atoms with Crippen molar-refractivity contribution < 1.29 is 24.2 Å². The number of hydrogen-bond donors (Lipinski definition) is 2. The van der Waals surface area contributed by atoms with Crippen molar-refractivity contribution in [3.63, 3.8) is 0 Å². The van der Waals surface area contributed by atoms with Crippen LogP contribution < -0.4 is 14.8 Å². The maximum absolute atomic E-state index is 12.8. The highest BCUT2D eigenvalue weighted by Crippen LogP contribution is 2.35. The number of carboxylic acid groups (broad SMARTS) is 1. The van der Waals surface area contributed by atoms with E-state index in [9.17, 15) is 9.59 Å². The predicted molar refractivity (Wildman–Crippen MR) is 100.0 cm³/mol. The van der Waals surface area contributed by atoms with Gasteiger partial charge in [0.15, 0.2) is 11.2 Å². The number of thioether (sulfide) groups is 1. The molecule has 7 heteroatoms. The van der Waals surface area contributed by atoms with Crippen LogP contribution in [0.2, 0.25) is 0 Å². The number of carboxylic acids is 1. The highest BCUT2D eigenvalue weighted by molar-refractivity contribution is 8.00. The van der Waals surface area contributed by atoms with E-state index >= 15 is 0 Å². The van der Waals surface area contributed by atoms with Gasteiger partial charge in [0.2, 0.25) is 0 Å². The molecule has 26 heavy (non-hydrogen) atoms. The zero-order chi connectivity index (χ0) is 18.5. The van der Waals surface area contributed by atoms with Crippen LogP contribution in [0, 0.1) is 0 Å². The zero-order valence-corrected chi connectivity index (χ0v) is 14.8. The van der Waals surface area contributed by atoms with Gasteiger partial charge in [-0.3, -0.25) is 9.59 Å². The molecule has 0 aromatic heterocycles. The summed E-state index contributed by atoms with van der Waals surface area (Å²) < 4.78 is 11.0. The van der Waals surface area contributed by atoms with E-state index in [-0.39, 0.29) is 11.5 Å². The van der Waals surface area contributed by atoms with E-state index in [1.807, 2.05) is 12.1 Å². The summed E-state index contributed by atoms with van der Waals surface area (Å²) in [6.07, 6.45) is 1.57. The standard InChI is InChI=1S/C19H17NO5S/c1-24-13-8-6-12(7-9-13)20-10-15-18(23)14-4-2-3-5-16(14)25-19(15)26-11-17(21)22/h2-10,19-20H,11H2,1H3,(H,21,22)/b15-10+/t19-/m1/s1. The number of Topliss-reactive ketones (excluding diaryl/α,β-unsaturated/α-hetero) is 1. The minimum atomic E-state index is -0.965. The molecule has 0 fully saturated rings. The molecule has 0 saturated carbocycles. The minimum Gasteiger partial charge on any atom is -0.497 e. The van der Waals surface area contributed by atoms with Crippen LogP contribution in [0.15, 0.2) is 60.3 Å². The van der Waals surface area contributed by atoms with Crippen molar-refractivity contribution in [3.8, 4) is 11.5 Å². The Labute approximate surface area is 154 Å². The lowest BCUT2D eigenvalue weighted by atomic mass is 10.0. The number of nitrogens with one attached hydrogen (secondary N) is 1. The van der Waals surface area contributed by atoms with Crippen molar-refractivity contribution in [3.05, 3.63) is 65.9 Å². The topological polar surface area (TPSA) is 84.9 Å². The lowest BCUT2D eigenvalue weighted by Crippen LogP contribution is -2.29. The second-order valence-electron chi connectivity index (χ2n) is 5.45. The molecule has 1 atom stereocenters. The van der Waals surface area contributed by atoms with Crippen LogP contribution in [-0.2, 0) is 4.79 Å². The van der Waals surface area contributed by atoms with Crippen molar-refractivity contribution in [2.24, 2.45) is 0 Å². The molecule has 1 aliphatic heterocycles. The molecule has 0 amide bonds. The van der Waals surface area contributed by atoms with Gasteiger partial charge in [0.1, 0.15) is 11.5 Å². The monoisotopic (exact) mass is 371 g/mol. The van der Waals surface area contributed by atoms with E-state index in [0.717, 1.165) is 23.2 Å². The quantitative estimate of drug-likeness (QED) is 0.753. The first-order chi connectivity index (χ1) is 12.6. The molecule has 1 aliphatic rings. The number of ether oxygens (including phenoxy) is 2. The lowest BCUT2D eigenvalue weighted by Gasteiger charge is -2.26. The largest absolute Gasteiger partial charge is 0.497 e. The van der Waals surface area contributed by atoms with E-state index in [2.05, 4.69) is 5.32 Å². The maximum Gasteiger partial charge on any atom is 0.313 e. The second-order valence-corrected chi connectivity index (χ2v) is 6.50. The molecule has 2 aromatic carbocycles. The molecule has 0 spiro atoms. The summed E-state index contributed by atoms with van der Waals surface area (Å²) >= 11 is 1.05. The van der Waals surface area contributed by atoms with Gasteiger partial charge in [-0.25, -0.2) is 0 Å². The Bertz CT molecular complexity index is 847. The van der Waals surface area contributed by atoms with E-state index in [4.69, 9.17) is 14.6 Å². The fourth-order valence-corrected chi connectivity index (χ4v) is 3.27. The number of fused-ring (bicyclic) bond motifs is 1. The van der Waals surface area contributed by atoms with E-state index in [1.165, 1.54) is 0 Å². The van der Waals surface area contributed by atoms with E-state index < -0.39 is 11.4 Å². The molecule has 2 aromatic rings. The van der Waals surface area contributed by atoms with E-state index in [0.29, 0.717) is 16.9 Å². The van der Waals surface area contributed by atoms with Crippen molar-refractivity contribution in [1.29, 1.82) is 0 Å². The molecule has 0 unspecified atom stereocenters. The summed E-state index contributed by atoms with van der Waals surface area (Å²) in [5.41, 5.74) is 0.902. The second kappa shape index (κ2) is 7.97. The number of carbonyl (C=O) groups excluding carboxylic acids is 1. The van der Waals surface area contributed by atoms with E-state index in [1.54, 1.807) is 49.7 Å². The molecule has 0 radical (unpaired) electrons. The van der Waals surface area contributed by atoms with Gasteiger partial charge in [-0.15, -0.1) is 11.8 Å². The van der Waals surface area contributed by atoms with Crippen molar-refractivity contribution >= 4 is 29.2 Å². The molecule has 1 heterocycles. The number of carbonyl (C=O) groups is 2.